The highest BCUT2D eigenvalue weighted by molar-refractivity contribution is 5.79. The standard InChI is InChI=1S/C26H32FN5O/c1-2-28-25(29-16-12-21-4-10-24(11-5-21)32-17-3-15-31-32)30-20-26(13-18-33-19-14-26)22-6-8-23(27)9-7-22/h3-11,15,17H,2,12-14,16,18-20H2,1H3,(H2,28,29,30). The molecule has 0 amide bonds. The average molecular weight is 450 g/mol. The number of rotatable bonds is 8. The molecule has 0 aliphatic carbocycles. The highest BCUT2D eigenvalue weighted by Crippen LogP contribution is 2.35. The molecule has 4 rings (SSSR count). The quantitative estimate of drug-likeness (QED) is 0.405. The number of nitrogens with one attached hydrogen (secondary N) is 2. The van der Waals surface area contributed by atoms with E-state index in [2.05, 4.69) is 46.9 Å². The van der Waals surface area contributed by atoms with Crippen LogP contribution in [0.15, 0.2) is 72.0 Å². The maximum absolute atomic E-state index is 13.5. The lowest BCUT2D eigenvalue weighted by Gasteiger charge is -2.36. The number of hydrogen-bond donors (Lipinski definition) is 2. The molecule has 0 spiro atoms. The minimum atomic E-state index is -0.211. The van der Waals surface area contributed by atoms with E-state index in [1.807, 2.05) is 29.1 Å². The van der Waals surface area contributed by atoms with Crippen LogP contribution in [0.2, 0.25) is 0 Å². The summed E-state index contributed by atoms with van der Waals surface area (Å²) in [5.74, 6) is 0.593. The van der Waals surface area contributed by atoms with Crippen molar-refractivity contribution >= 4 is 5.96 Å². The van der Waals surface area contributed by atoms with E-state index in [9.17, 15) is 4.39 Å². The number of benzene rings is 2. The summed E-state index contributed by atoms with van der Waals surface area (Å²) >= 11 is 0. The summed E-state index contributed by atoms with van der Waals surface area (Å²) in [5.41, 5.74) is 3.30. The van der Waals surface area contributed by atoms with Crippen LogP contribution < -0.4 is 10.6 Å². The Balaban J connectivity index is 1.38. The predicted molar refractivity (Wildman–Crippen MR) is 129 cm³/mol. The van der Waals surface area contributed by atoms with E-state index in [1.165, 1.54) is 17.7 Å². The van der Waals surface area contributed by atoms with E-state index in [-0.39, 0.29) is 11.2 Å². The van der Waals surface area contributed by atoms with Gasteiger partial charge in [0.05, 0.1) is 12.2 Å². The zero-order valence-corrected chi connectivity index (χ0v) is 19.1. The maximum atomic E-state index is 13.5. The third kappa shape index (κ3) is 5.99. The van der Waals surface area contributed by atoms with Crippen LogP contribution in [0.3, 0.4) is 0 Å². The average Bonchev–Trinajstić information content (AvgIpc) is 3.39. The summed E-state index contributed by atoms with van der Waals surface area (Å²) < 4.78 is 21.0. The fraction of sp³-hybridized carbons (Fsp3) is 0.385. The molecule has 6 nitrogen and oxygen atoms in total. The van der Waals surface area contributed by atoms with Gasteiger partial charge >= 0.3 is 0 Å². The van der Waals surface area contributed by atoms with Gasteiger partial charge in [0, 0.05) is 44.1 Å². The third-order valence-electron chi connectivity index (χ3n) is 6.20. The van der Waals surface area contributed by atoms with E-state index in [1.54, 1.807) is 6.20 Å². The van der Waals surface area contributed by atoms with Crippen LogP contribution in [0.5, 0.6) is 0 Å². The van der Waals surface area contributed by atoms with Crippen LogP contribution in [0, 0.1) is 5.82 Å². The fourth-order valence-electron chi connectivity index (χ4n) is 4.24. The Bertz CT molecular complexity index is 1010. The van der Waals surface area contributed by atoms with Crippen molar-refractivity contribution in [2.45, 2.75) is 31.6 Å². The molecule has 1 fully saturated rings. The Kier molecular flexibility index (Phi) is 7.73. The van der Waals surface area contributed by atoms with Crippen molar-refractivity contribution < 1.29 is 9.13 Å². The SMILES string of the molecule is CCNC(=NCC1(c2ccc(F)cc2)CCOCC1)NCCc1ccc(-n2cccn2)cc1. The molecule has 1 aliphatic rings. The van der Waals surface area contributed by atoms with Gasteiger partial charge in [-0.05, 0) is 67.6 Å². The highest BCUT2D eigenvalue weighted by Gasteiger charge is 2.34. The van der Waals surface area contributed by atoms with Gasteiger partial charge in [-0.1, -0.05) is 24.3 Å². The number of hydrogen-bond acceptors (Lipinski definition) is 3. The summed E-state index contributed by atoms with van der Waals surface area (Å²) in [5, 5.41) is 11.1. The molecular weight excluding hydrogens is 417 g/mol. The lowest BCUT2D eigenvalue weighted by Crippen LogP contribution is -2.41. The second-order valence-electron chi connectivity index (χ2n) is 8.39. The summed E-state index contributed by atoms with van der Waals surface area (Å²) in [4.78, 5) is 4.92. The normalized spacial score (nSPS) is 15.9. The first kappa shape index (κ1) is 23.0. The molecule has 0 bridgehead atoms. The maximum Gasteiger partial charge on any atom is 0.191 e. The number of nitrogens with zero attached hydrogens (tertiary/aromatic N) is 3. The molecule has 0 radical (unpaired) electrons. The van der Waals surface area contributed by atoms with Gasteiger partial charge in [-0.25, -0.2) is 9.07 Å². The molecule has 1 aromatic heterocycles. The second-order valence-corrected chi connectivity index (χ2v) is 8.39. The van der Waals surface area contributed by atoms with Crippen LogP contribution >= 0.6 is 0 Å². The fourth-order valence-corrected chi connectivity index (χ4v) is 4.24. The van der Waals surface area contributed by atoms with Gasteiger partial charge < -0.3 is 15.4 Å². The van der Waals surface area contributed by atoms with E-state index in [4.69, 9.17) is 9.73 Å². The second kappa shape index (κ2) is 11.1. The van der Waals surface area contributed by atoms with E-state index in [0.29, 0.717) is 19.8 Å². The van der Waals surface area contributed by atoms with Crippen LogP contribution in [0.4, 0.5) is 4.39 Å². The van der Waals surface area contributed by atoms with Crippen LogP contribution in [0.25, 0.3) is 5.69 Å². The Hall–Kier alpha value is -3.19. The number of aromatic nitrogens is 2. The molecular formula is C26H32FN5O. The van der Waals surface area contributed by atoms with Gasteiger partial charge in [0.2, 0.25) is 0 Å². The van der Waals surface area contributed by atoms with Gasteiger partial charge in [-0.3, -0.25) is 4.99 Å². The summed E-state index contributed by atoms with van der Waals surface area (Å²) in [7, 11) is 0. The first-order valence-electron chi connectivity index (χ1n) is 11.6. The Morgan fingerprint density at radius 3 is 2.52 bits per heavy atom. The highest BCUT2D eigenvalue weighted by atomic mass is 19.1. The Morgan fingerprint density at radius 1 is 1.09 bits per heavy atom. The van der Waals surface area contributed by atoms with Gasteiger partial charge in [-0.15, -0.1) is 0 Å². The van der Waals surface area contributed by atoms with Crippen molar-refractivity contribution in [1.82, 2.24) is 20.4 Å². The van der Waals surface area contributed by atoms with Gasteiger partial charge in [-0.2, -0.15) is 5.10 Å². The minimum Gasteiger partial charge on any atom is -0.381 e. The zero-order chi connectivity index (χ0) is 22.9. The predicted octanol–water partition coefficient (Wildman–Crippen LogP) is 3.86. The molecule has 1 aliphatic heterocycles. The Morgan fingerprint density at radius 2 is 1.85 bits per heavy atom. The molecule has 0 saturated carbocycles. The van der Waals surface area contributed by atoms with Crippen molar-refractivity contribution in [3.63, 3.8) is 0 Å². The molecule has 2 aromatic carbocycles. The van der Waals surface area contributed by atoms with Gasteiger partial charge in [0.1, 0.15) is 5.82 Å². The lowest BCUT2D eigenvalue weighted by molar-refractivity contribution is 0.0531. The zero-order valence-electron chi connectivity index (χ0n) is 19.1. The Labute approximate surface area is 194 Å². The van der Waals surface area contributed by atoms with E-state index in [0.717, 1.165) is 49.6 Å². The lowest BCUT2D eigenvalue weighted by atomic mass is 9.74. The smallest absolute Gasteiger partial charge is 0.191 e. The summed E-state index contributed by atoms with van der Waals surface area (Å²) in [6.07, 6.45) is 6.36. The third-order valence-corrected chi connectivity index (χ3v) is 6.20. The van der Waals surface area contributed by atoms with E-state index < -0.39 is 0 Å². The molecule has 33 heavy (non-hydrogen) atoms. The molecule has 1 saturated heterocycles. The van der Waals surface area contributed by atoms with Crippen LogP contribution in [-0.4, -0.2) is 48.6 Å². The summed E-state index contributed by atoms with van der Waals surface area (Å²) in [6.45, 7) is 5.67. The van der Waals surface area contributed by atoms with Gasteiger partial charge in [0.15, 0.2) is 5.96 Å². The molecule has 7 heteroatoms. The minimum absolute atomic E-state index is 0.128. The summed E-state index contributed by atoms with van der Waals surface area (Å²) in [6, 6.07) is 17.2. The molecule has 174 valence electrons. The van der Waals surface area contributed by atoms with Crippen LogP contribution in [-0.2, 0) is 16.6 Å². The number of ether oxygens (including phenoxy) is 1. The van der Waals surface area contributed by atoms with Crippen LogP contribution in [0.1, 0.15) is 30.9 Å². The molecule has 2 heterocycles. The van der Waals surface area contributed by atoms with Crippen molar-refractivity contribution in [3.8, 4) is 5.69 Å². The molecule has 3 aromatic rings. The van der Waals surface area contributed by atoms with E-state index >= 15 is 0 Å². The number of halogens is 1. The molecule has 0 unspecified atom stereocenters. The number of aliphatic imine (C=N–C) groups is 1. The van der Waals surface area contributed by atoms with Crippen molar-refractivity contribution in [2.24, 2.45) is 4.99 Å². The molecule has 2 N–H and O–H groups in total. The monoisotopic (exact) mass is 449 g/mol. The molecule has 0 atom stereocenters. The van der Waals surface area contributed by atoms with Crippen molar-refractivity contribution in [2.75, 3.05) is 32.8 Å². The number of guanidine groups is 1. The van der Waals surface area contributed by atoms with Gasteiger partial charge in [0.25, 0.3) is 0 Å². The topological polar surface area (TPSA) is 63.5 Å². The van der Waals surface area contributed by atoms with Crippen molar-refractivity contribution in [1.29, 1.82) is 0 Å². The first-order chi connectivity index (χ1) is 16.2. The largest absolute Gasteiger partial charge is 0.381 e. The van der Waals surface area contributed by atoms with Crippen molar-refractivity contribution in [3.05, 3.63) is 83.9 Å². The first-order valence-corrected chi connectivity index (χ1v) is 11.6.